The van der Waals surface area contributed by atoms with E-state index in [0.717, 1.165) is 0 Å². The molecule has 0 spiro atoms. The first-order chi connectivity index (χ1) is 6.91. The Morgan fingerprint density at radius 2 is 1.87 bits per heavy atom. The standard InChI is InChI=1S/C14H21N/c1-9-7-6-8-11-12(9)13(10(2)15-11)14(3,4)5/h6-8,10,13,15H,1-5H3. The molecule has 1 heterocycles. The van der Waals surface area contributed by atoms with E-state index in [-0.39, 0.29) is 0 Å². The van der Waals surface area contributed by atoms with E-state index in [1.807, 2.05) is 0 Å². The zero-order valence-electron chi connectivity index (χ0n) is 10.4. The van der Waals surface area contributed by atoms with E-state index in [9.17, 15) is 0 Å². The van der Waals surface area contributed by atoms with Crippen molar-refractivity contribution in [1.82, 2.24) is 0 Å². The highest BCUT2D eigenvalue weighted by molar-refractivity contribution is 5.62. The van der Waals surface area contributed by atoms with Crippen molar-refractivity contribution in [2.24, 2.45) is 5.41 Å². The van der Waals surface area contributed by atoms with E-state index < -0.39 is 0 Å². The summed E-state index contributed by atoms with van der Waals surface area (Å²) in [5, 5.41) is 3.59. The summed E-state index contributed by atoms with van der Waals surface area (Å²) in [6.07, 6.45) is 0. The third kappa shape index (κ3) is 1.64. The molecule has 2 unspecified atom stereocenters. The predicted molar refractivity (Wildman–Crippen MR) is 66.5 cm³/mol. The fourth-order valence-electron chi connectivity index (χ4n) is 2.98. The highest BCUT2D eigenvalue weighted by Crippen LogP contribution is 2.47. The Balaban J connectivity index is 2.54. The Morgan fingerprint density at radius 1 is 1.20 bits per heavy atom. The van der Waals surface area contributed by atoms with Gasteiger partial charge >= 0.3 is 0 Å². The van der Waals surface area contributed by atoms with E-state index in [1.54, 1.807) is 0 Å². The van der Waals surface area contributed by atoms with Gasteiger partial charge in [0, 0.05) is 17.6 Å². The molecule has 2 atom stereocenters. The SMILES string of the molecule is Cc1cccc2c1C(C(C)(C)C)C(C)N2. The molecule has 1 heteroatoms. The molecule has 0 bridgehead atoms. The van der Waals surface area contributed by atoms with Crippen molar-refractivity contribution in [3.05, 3.63) is 29.3 Å². The second-order valence-electron chi connectivity index (χ2n) is 5.81. The normalized spacial score (nSPS) is 24.9. The summed E-state index contributed by atoms with van der Waals surface area (Å²) in [6.45, 7) is 11.5. The van der Waals surface area contributed by atoms with Crippen molar-refractivity contribution in [3.63, 3.8) is 0 Å². The van der Waals surface area contributed by atoms with E-state index in [4.69, 9.17) is 0 Å². The number of fused-ring (bicyclic) bond motifs is 1. The van der Waals surface area contributed by atoms with E-state index in [0.29, 0.717) is 17.4 Å². The van der Waals surface area contributed by atoms with Crippen LogP contribution in [0, 0.1) is 12.3 Å². The van der Waals surface area contributed by atoms with Gasteiger partial charge in [-0.05, 0) is 36.5 Å². The van der Waals surface area contributed by atoms with Crippen molar-refractivity contribution in [3.8, 4) is 0 Å². The molecule has 0 radical (unpaired) electrons. The summed E-state index contributed by atoms with van der Waals surface area (Å²) < 4.78 is 0. The molecule has 15 heavy (non-hydrogen) atoms. The maximum Gasteiger partial charge on any atom is 0.0381 e. The van der Waals surface area contributed by atoms with Crippen LogP contribution in [-0.4, -0.2) is 6.04 Å². The van der Waals surface area contributed by atoms with Crippen LogP contribution in [0.1, 0.15) is 44.7 Å². The molecule has 2 rings (SSSR count). The molecule has 0 aliphatic carbocycles. The maximum absolute atomic E-state index is 3.59. The Labute approximate surface area is 92.9 Å². The van der Waals surface area contributed by atoms with Crippen LogP contribution in [-0.2, 0) is 0 Å². The summed E-state index contributed by atoms with van der Waals surface area (Å²) in [4.78, 5) is 0. The quantitative estimate of drug-likeness (QED) is 0.673. The fraction of sp³-hybridized carbons (Fsp3) is 0.571. The molecule has 0 saturated carbocycles. The van der Waals surface area contributed by atoms with Gasteiger partial charge in [0.2, 0.25) is 0 Å². The fourth-order valence-corrected chi connectivity index (χ4v) is 2.98. The number of rotatable bonds is 0. The molecule has 1 aromatic rings. The van der Waals surface area contributed by atoms with Gasteiger partial charge in [0.05, 0.1) is 0 Å². The minimum absolute atomic E-state index is 0.323. The third-order valence-corrected chi connectivity index (χ3v) is 3.45. The lowest BCUT2D eigenvalue weighted by atomic mass is 9.73. The first kappa shape index (κ1) is 10.5. The lowest BCUT2D eigenvalue weighted by Crippen LogP contribution is -2.27. The van der Waals surface area contributed by atoms with Crippen LogP contribution in [0.25, 0.3) is 0 Å². The van der Waals surface area contributed by atoms with Crippen molar-refractivity contribution in [2.75, 3.05) is 5.32 Å². The molecular formula is C14H21N. The summed E-state index contributed by atoms with van der Waals surface area (Å²) in [7, 11) is 0. The van der Waals surface area contributed by atoms with E-state index >= 15 is 0 Å². The van der Waals surface area contributed by atoms with Gasteiger partial charge in [-0.3, -0.25) is 0 Å². The Bertz CT molecular complexity index is 373. The van der Waals surface area contributed by atoms with Gasteiger partial charge in [-0.2, -0.15) is 0 Å². The molecule has 0 fully saturated rings. The summed E-state index contributed by atoms with van der Waals surface area (Å²) in [6, 6.07) is 7.10. The molecule has 1 nitrogen and oxygen atoms in total. The van der Waals surface area contributed by atoms with Crippen LogP contribution in [0.4, 0.5) is 5.69 Å². The minimum atomic E-state index is 0.323. The molecule has 1 N–H and O–H groups in total. The topological polar surface area (TPSA) is 12.0 Å². The van der Waals surface area contributed by atoms with Gasteiger partial charge in [-0.1, -0.05) is 32.9 Å². The first-order valence-corrected chi connectivity index (χ1v) is 5.77. The predicted octanol–water partition coefficient (Wildman–Crippen LogP) is 3.94. The average Bonchev–Trinajstić information content (AvgIpc) is 2.41. The smallest absolute Gasteiger partial charge is 0.0381 e. The van der Waals surface area contributed by atoms with Crippen LogP contribution in [0.2, 0.25) is 0 Å². The van der Waals surface area contributed by atoms with Crippen LogP contribution in [0.5, 0.6) is 0 Å². The molecule has 1 aliphatic rings. The van der Waals surface area contributed by atoms with Crippen molar-refractivity contribution in [1.29, 1.82) is 0 Å². The Hall–Kier alpha value is -0.980. The van der Waals surface area contributed by atoms with Gasteiger partial charge in [0.25, 0.3) is 0 Å². The molecule has 0 saturated heterocycles. The zero-order valence-corrected chi connectivity index (χ0v) is 10.4. The molecule has 1 aromatic carbocycles. The van der Waals surface area contributed by atoms with E-state index in [2.05, 4.69) is 58.1 Å². The average molecular weight is 203 g/mol. The second-order valence-corrected chi connectivity index (χ2v) is 5.81. The number of nitrogens with one attached hydrogen (secondary N) is 1. The second kappa shape index (κ2) is 3.26. The summed E-state index contributed by atoms with van der Waals surface area (Å²) in [5.41, 5.74) is 4.60. The monoisotopic (exact) mass is 203 g/mol. The van der Waals surface area contributed by atoms with Crippen LogP contribution in [0.3, 0.4) is 0 Å². The molecular weight excluding hydrogens is 182 g/mol. The summed E-state index contributed by atoms with van der Waals surface area (Å²) in [5.74, 6) is 0.619. The number of benzene rings is 1. The Kier molecular flexibility index (Phi) is 2.29. The van der Waals surface area contributed by atoms with Crippen molar-refractivity contribution >= 4 is 5.69 Å². The third-order valence-electron chi connectivity index (χ3n) is 3.45. The van der Waals surface area contributed by atoms with Gasteiger partial charge in [-0.15, -0.1) is 0 Å². The number of hydrogen-bond acceptors (Lipinski definition) is 1. The van der Waals surface area contributed by atoms with Crippen molar-refractivity contribution in [2.45, 2.75) is 46.6 Å². The van der Waals surface area contributed by atoms with Crippen molar-refractivity contribution < 1.29 is 0 Å². The minimum Gasteiger partial charge on any atom is -0.382 e. The molecule has 1 aliphatic heterocycles. The first-order valence-electron chi connectivity index (χ1n) is 5.77. The number of aryl methyl sites for hydroxylation is 1. The maximum atomic E-state index is 3.59. The zero-order chi connectivity index (χ0) is 11.2. The highest BCUT2D eigenvalue weighted by Gasteiger charge is 2.38. The summed E-state index contributed by atoms with van der Waals surface area (Å²) >= 11 is 0. The van der Waals surface area contributed by atoms with Gasteiger partial charge in [-0.25, -0.2) is 0 Å². The van der Waals surface area contributed by atoms with Crippen LogP contribution in [0.15, 0.2) is 18.2 Å². The molecule has 82 valence electrons. The van der Waals surface area contributed by atoms with Gasteiger partial charge in [0.15, 0.2) is 0 Å². The van der Waals surface area contributed by atoms with Crippen LogP contribution < -0.4 is 5.32 Å². The van der Waals surface area contributed by atoms with Gasteiger partial charge < -0.3 is 5.32 Å². The van der Waals surface area contributed by atoms with Crippen LogP contribution >= 0.6 is 0 Å². The van der Waals surface area contributed by atoms with Gasteiger partial charge in [0.1, 0.15) is 0 Å². The molecule has 0 aromatic heterocycles. The highest BCUT2D eigenvalue weighted by atomic mass is 15.0. The molecule has 0 amide bonds. The van der Waals surface area contributed by atoms with E-state index in [1.165, 1.54) is 16.8 Å². The number of hydrogen-bond donors (Lipinski definition) is 1. The lowest BCUT2D eigenvalue weighted by Gasteiger charge is -2.31. The lowest BCUT2D eigenvalue weighted by molar-refractivity contribution is 0.307. The largest absolute Gasteiger partial charge is 0.382 e. The number of anilines is 1. The Morgan fingerprint density at radius 3 is 2.47 bits per heavy atom.